The molecule has 0 unspecified atom stereocenters. The molecule has 27 heavy (non-hydrogen) atoms. The van der Waals surface area contributed by atoms with Crippen LogP contribution in [0, 0.1) is 6.92 Å². The highest BCUT2D eigenvalue weighted by atomic mass is 32.2. The summed E-state index contributed by atoms with van der Waals surface area (Å²) >= 11 is 0. The van der Waals surface area contributed by atoms with Crippen LogP contribution in [-0.2, 0) is 27.7 Å². The van der Waals surface area contributed by atoms with Crippen LogP contribution in [0.2, 0.25) is 0 Å². The summed E-state index contributed by atoms with van der Waals surface area (Å²) in [6.45, 7) is 6.42. The maximum Gasteiger partial charge on any atom is 0.220 e. The molecule has 0 bridgehead atoms. The molecule has 1 saturated heterocycles. The molecule has 9 heteroatoms. The van der Waals surface area contributed by atoms with Crippen LogP contribution in [0.1, 0.15) is 34.0 Å². The number of morpholine rings is 1. The van der Waals surface area contributed by atoms with Crippen molar-refractivity contribution in [2.24, 2.45) is 0 Å². The molecule has 2 aromatic rings. The first-order valence-electron chi connectivity index (χ1n) is 8.80. The fraction of sp³-hybridized carbons (Fsp3) is 0.444. The molecule has 0 saturated carbocycles. The number of carbonyl (C=O) groups is 1. The first-order valence-corrected chi connectivity index (χ1v) is 10.2. The first-order chi connectivity index (χ1) is 12.9. The Morgan fingerprint density at radius 1 is 1.26 bits per heavy atom. The smallest absolute Gasteiger partial charge is 0.220 e. The molecule has 2 heterocycles. The molecule has 0 amide bonds. The number of carbonyl (C=O) groups excluding carboxylic acids is 1. The van der Waals surface area contributed by atoms with Crippen LogP contribution in [0.4, 0.5) is 5.69 Å². The second kappa shape index (κ2) is 8.10. The lowest BCUT2D eigenvalue weighted by Crippen LogP contribution is -2.37. The Balaban J connectivity index is 2.08. The number of benzene rings is 1. The number of ketones is 1. The lowest BCUT2D eigenvalue weighted by Gasteiger charge is -2.32. The van der Waals surface area contributed by atoms with E-state index in [-0.39, 0.29) is 23.0 Å². The molecule has 1 aromatic carbocycles. The summed E-state index contributed by atoms with van der Waals surface area (Å²) in [5.74, 6) is -0.588. The maximum atomic E-state index is 13.0. The summed E-state index contributed by atoms with van der Waals surface area (Å²) in [7, 11) is -2.60. The minimum atomic E-state index is -2.60. The van der Waals surface area contributed by atoms with Gasteiger partial charge < -0.3 is 14.7 Å². The second-order valence-electron chi connectivity index (χ2n) is 6.36. The lowest BCUT2D eigenvalue weighted by molar-refractivity contribution is 0.103. The Kier molecular flexibility index (Phi) is 5.81. The standard InChI is InChI=1S/C18H23N3O5S/c1-3-21-18(23)15(10-19-21)17(22)14-5-4-13(11-27(24)25)16(12(14)2)20-6-8-26-9-7-20/h4-5,10,23,27H,3,6-9,11H2,1-2H3. The van der Waals surface area contributed by atoms with E-state index in [0.29, 0.717) is 49.5 Å². The van der Waals surface area contributed by atoms with Crippen LogP contribution in [-0.4, -0.2) is 55.4 Å². The van der Waals surface area contributed by atoms with Gasteiger partial charge in [0.05, 0.1) is 25.2 Å². The van der Waals surface area contributed by atoms with Gasteiger partial charge in [0.25, 0.3) is 0 Å². The Bertz CT molecular complexity index is 921. The molecule has 8 nitrogen and oxygen atoms in total. The van der Waals surface area contributed by atoms with E-state index < -0.39 is 10.7 Å². The molecule has 146 valence electrons. The maximum absolute atomic E-state index is 13.0. The van der Waals surface area contributed by atoms with Crippen LogP contribution < -0.4 is 4.90 Å². The van der Waals surface area contributed by atoms with Gasteiger partial charge in [0.15, 0.2) is 5.78 Å². The number of ether oxygens (including phenoxy) is 1. The largest absolute Gasteiger partial charge is 0.493 e. The highest BCUT2D eigenvalue weighted by Crippen LogP contribution is 2.32. The fourth-order valence-electron chi connectivity index (χ4n) is 3.41. The zero-order valence-corrected chi connectivity index (χ0v) is 16.2. The number of anilines is 1. The number of hydrogen-bond acceptors (Lipinski definition) is 7. The zero-order valence-electron chi connectivity index (χ0n) is 15.3. The number of nitrogens with zero attached hydrogens (tertiary/aromatic N) is 3. The highest BCUT2D eigenvalue weighted by Gasteiger charge is 2.25. The highest BCUT2D eigenvalue weighted by molar-refractivity contribution is 7.71. The minimum Gasteiger partial charge on any atom is -0.493 e. The molecule has 1 fully saturated rings. The summed E-state index contributed by atoms with van der Waals surface area (Å²) in [5.41, 5.74) is 2.67. The van der Waals surface area contributed by atoms with Gasteiger partial charge in [-0.2, -0.15) is 5.10 Å². The number of aryl methyl sites for hydroxylation is 1. The third-order valence-corrected chi connectivity index (χ3v) is 5.34. The molecule has 0 aliphatic carbocycles. The number of thiol groups is 1. The van der Waals surface area contributed by atoms with Crippen molar-refractivity contribution in [3.8, 4) is 5.88 Å². The number of rotatable bonds is 6. The average Bonchev–Trinajstić information content (AvgIpc) is 3.02. The van der Waals surface area contributed by atoms with Crippen molar-refractivity contribution in [2.75, 3.05) is 31.2 Å². The number of hydrogen-bond donors (Lipinski definition) is 2. The first kappa shape index (κ1) is 19.4. The van der Waals surface area contributed by atoms with Crippen LogP contribution in [0.5, 0.6) is 5.88 Å². The van der Waals surface area contributed by atoms with Crippen molar-refractivity contribution >= 4 is 22.2 Å². The SMILES string of the molecule is CCn1ncc(C(=O)c2ccc(C[SH](=O)=O)c(N3CCOCC3)c2C)c1O. The summed E-state index contributed by atoms with van der Waals surface area (Å²) < 4.78 is 29.4. The third-order valence-electron chi connectivity index (χ3n) is 4.74. The van der Waals surface area contributed by atoms with Crippen molar-refractivity contribution in [1.29, 1.82) is 0 Å². The molecule has 3 rings (SSSR count). The molecule has 0 radical (unpaired) electrons. The fourth-order valence-corrected chi connectivity index (χ4v) is 3.95. The zero-order chi connectivity index (χ0) is 19.6. The van der Waals surface area contributed by atoms with E-state index in [4.69, 9.17) is 4.74 Å². The lowest BCUT2D eigenvalue weighted by atomic mass is 9.96. The van der Waals surface area contributed by atoms with Gasteiger partial charge in [-0.25, -0.2) is 13.1 Å². The molecule has 1 aliphatic heterocycles. The average molecular weight is 393 g/mol. The van der Waals surface area contributed by atoms with Crippen molar-refractivity contribution in [3.05, 3.63) is 40.6 Å². The quantitative estimate of drug-likeness (QED) is 0.560. The molecular formula is C18H23N3O5S. The van der Waals surface area contributed by atoms with Crippen molar-refractivity contribution in [3.63, 3.8) is 0 Å². The van der Waals surface area contributed by atoms with Gasteiger partial charge >= 0.3 is 0 Å². The number of aromatic nitrogens is 2. The van der Waals surface area contributed by atoms with Crippen molar-refractivity contribution < 1.29 is 23.1 Å². The van der Waals surface area contributed by atoms with Crippen LogP contribution in [0.3, 0.4) is 0 Å². The van der Waals surface area contributed by atoms with Crippen LogP contribution >= 0.6 is 0 Å². The minimum absolute atomic E-state index is 0.0870. The van der Waals surface area contributed by atoms with Gasteiger partial charge in [-0.1, -0.05) is 12.1 Å². The normalized spacial score (nSPS) is 14.7. The number of aromatic hydroxyl groups is 1. The Morgan fingerprint density at radius 3 is 2.56 bits per heavy atom. The van der Waals surface area contributed by atoms with E-state index in [1.807, 2.05) is 6.92 Å². The predicted octanol–water partition coefficient (Wildman–Crippen LogP) is 1.10. The van der Waals surface area contributed by atoms with Gasteiger partial charge in [0.2, 0.25) is 5.88 Å². The van der Waals surface area contributed by atoms with E-state index >= 15 is 0 Å². The van der Waals surface area contributed by atoms with E-state index in [2.05, 4.69) is 10.00 Å². The van der Waals surface area contributed by atoms with Gasteiger partial charge in [-0.3, -0.25) is 4.79 Å². The van der Waals surface area contributed by atoms with Crippen LogP contribution in [0.25, 0.3) is 0 Å². The summed E-state index contributed by atoms with van der Waals surface area (Å²) in [6.07, 6.45) is 1.36. The van der Waals surface area contributed by atoms with E-state index in [1.165, 1.54) is 10.9 Å². The van der Waals surface area contributed by atoms with Gasteiger partial charge in [-0.05, 0) is 25.0 Å². The molecule has 1 N–H and O–H groups in total. The van der Waals surface area contributed by atoms with Crippen molar-refractivity contribution in [1.82, 2.24) is 9.78 Å². The molecule has 1 aromatic heterocycles. The van der Waals surface area contributed by atoms with E-state index in [9.17, 15) is 18.3 Å². The van der Waals surface area contributed by atoms with Gasteiger partial charge in [0, 0.05) is 30.9 Å². The summed E-state index contributed by atoms with van der Waals surface area (Å²) in [6, 6.07) is 3.30. The Morgan fingerprint density at radius 2 is 1.96 bits per heavy atom. The molecule has 1 aliphatic rings. The van der Waals surface area contributed by atoms with Crippen molar-refractivity contribution in [2.45, 2.75) is 26.1 Å². The van der Waals surface area contributed by atoms with Gasteiger partial charge in [-0.15, -0.1) is 0 Å². The summed E-state index contributed by atoms with van der Waals surface area (Å²) in [4.78, 5) is 15.1. The monoisotopic (exact) mass is 393 g/mol. The summed E-state index contributed by atoms with van der Waals surface area (Å²) in [5, 5.41) is 14.2. The van der Waals surface area contributed by atoms with Crippen LogP contribution in [0.15, 0.2) is 18.3 Å². The molecule has 0 spiro atoms. The third kappa shape index (κ3) is 3.84. The molecular weight excluding hydrogens is 370 g/mol. The topological polar surface area (TPSA) is 102 Å². The Labute approximate surface area is 159 Å². The molecule has 0 atom stereocenters. The predicted molar refractivity (Wildman–Crippen MR) is 101 cm³/mol. The Hall–Kier alpha value is -2.39. The second-order valence-corrected chi connectivity index (χ2v) is 7.34. The van der Waals surface area contributed by atoms with E-state index in [0.717, 1.165) is 5.69 Å². The van der Waals surface area contributed by atoms with E-state index in [1.54, 1.807) is 19.1 Å². The van der Waals surface area contributed by atoms with Gasteiger partial charge in [0.1, 0.15) is 16.3 Å².